The number of aliphatic hydroxyl groups excluding tert-OH is 3. The van der Waals surface area contributed by atoms with Crippen molar-refractivity contribution in [1.29, 1.82) is 0 Å². The largest absolute Gasteiger partial charge is 0.394 e. The second-order valence-electron chi connectivity index (χ2n) is 4.34. The molecule has 0 radical (unpaired) electrons. The normalized spacial score (nSPS) is 29.2. The molecule has 21 heavy (non-hydrogen) atoms. The first-order valence-electron chi connectivity index (χ1n) is 5.87. The Labute approximate surface area is 136 Å². The Hall–Kier alpha value is -0.790. The Kier molecular flexibility index (Phi) is 4.16. The van der Waals surface area contributed by atoms with Crippen LogP contribution in [0.5, 0.6) is 0 Å². The lowest BCUT2D eigenvalue weighted by atomic mass is 10.1. The molecule has 0 aromatic carbocycles. The van der Waals surface area contributed by atoms with E-state index in [0.717, 1.165) is 0 Å². The summed E-state index contributed by atoms with van der Waals surface area (Å²) in [5.74, 6) is 0. The summed E-state index contributed by atoms with van der Waals surface area (Å²) in [7, 11) is 0. The predicted octanol–water partition coefficient (Wildman–Crippen LogP) is -1.05. The van der Waals surface area contributed by atoms with Crippen LogP contribution >= 0.6 is 34.2 Å². The Balaban J connectivity index is 1.89. The van der Waals surface area contributed by atoms with Gasteiger partial charge in [-0.1, -0.05) is 11.6 Å². The molecule has 3 heterocycles. The molecule has 1 saturated heterocycles. The lowest BCUT2D eigenvalue weighted by Crippen LogP contribution is -2.38. The third-order valence-corrected chi connectivity index (χ3v) is 3.76. The zero-order valence-corrected chi connectivity index (χ0v) is 13.2. The summed E-state index contributed by atoms with van der Waals surface area (Å²) >= 11 is 7.84. The van der Waals surface area contributed by atoms with Crippen molar-refractivity contribution in [3.8, 4) is 0 Å². The molecule has 9 nitrogen and oxygen atoms in total. The van der Waals surface area contributed by atoms with E-state index in [9.17, 15) is 10.2 Å². The first-order valence-corrected chi connectivity index (χ1v) is 7.32. The Morgan fingerprint density at radius 3 is 2.81 bits per heavy atom. The van der Waals surface area contributed by atoms with Crippen LogP contribution in [0.3, 0.4) is 0 Å². The molecule has 0 aliphatic carbocycles. The maximum atomic E-state index is 9.83. The van der Waals surface area contributed by atoms with Crippen LogP contribution in [0, 0.1) is 3.83 Å². The molecule has 2 aromatic heterocycles. The van der Waals surface area contributed by atoms with Gasteiger partial charge in [0.25, 0.3) is 6.29 Å². The van der Waals surface area contributed by atoms with E-state index in [4.69, 9.17) is 26.3 Å². The van der Waals surface area contributed by atoms with Gasteiger partial charge in [0, 0.05) is 22.6 Å². The third kappa shape index (κ3) is 2.66. The summed E-state index contributed by atoms with van der Waals surface area (Å²) in [5.41, 5.74) is 0.640. The zero-order chi connectivity index (χ0) is 15.1. The zero-order valence-electron chi connectivity index (χ0n) is 10.3. The maximum absolute atomic E-state index is 9.83. The van der Waals surface area contributed by atoms with E-state index in [1.54, 1.807) is 0 Å². The number of rotatable bonds is 3. The predicted molar refractivity (Wildman–Crippen MR) is 77.4 cm³/mol. The minimum Gasteiger partial charge on any atom is -0.394 e. The Morgan fingerprint density at radius 1 is 1.38 bits per heavy atom. The number of imidazole rings is 1. The van der Waals surface area contributed by atoms with Crippen LogP contribution in [0.1, 0.15) is 0 Å². The topological polar surface area (TPSA) is 123 Å². The van der Waals surface area contributed by atoms with Crippen LogP contribution < -0.4 is 4.84 Å². The van der Waals surface area contributed by atoms with Crippen molar-refractivity contribution < 1.29 is 24.9 Å². The molecule has 1 aliphatic rings. The fourth-order valence-corrected chi connectivity index (χ4v) is 2.79. The SMILES string of the molecule is OC[C@H]1O[C@@H](On2cnc3c(Cl)nc(I)nc32)[C@H](O)[C@@H]1O. The molecule has 0 spiro atoms. The van der Waals surface area contributed by atoms with Crippen molar-refractivity contribution in [2.75, 3.05) is 6.61 Å². The fourth-order valence-electron chi connectivity index (χ4n) is 1.96. The third-order valence-electron chi connectivity index (χ3n) is 3.01. The molecule has 0 amide bonds. The van der Waals surface area contributed by atoms with Crippen LogP contribution in [-0.4, -0.2) is 66.2 Å². The molecule has 0 bridgehead atoms. The van der Waals surface area contributed by atoms with Crippen molar-refractivity contribution in [1.82, 2.24) is 19.7 Å². The van der Waals surface area contributed by atoms with Gasteiger partial charge in [-0.25, -0.2) is 9.97 Å². The number of hydrogen-bond donors (Lipinski definition) is 3. The molecule has 0 saturated carbocycles. The number of halogens is 2. The van der Waals surface area contributed by atoms with Crippen molar-refractivity contribution in [3.63, 3.8) is 0 Å². The molecule has 2 aromatic rings. The highest BCUT2D eigenvalue weighted by atomic mass is 127. The van der Waals surface area contributed by atoms with E-state index in [-0.39, 0.29) is 5.15 Å². The molecule has 1 fully saturated rings. The molecule has 1 aliphatic heterocycles. The highest BCUT2D eigenvalue weighted by Crippen LogP contribution is 2.23. The van der Waals surface area contributed by atoms with Crippen molar-refractivity contribution >= 4 is 45.4 Å². The summed E-state index contributed by atoms with van der Waals surface area (Å²) in [6.07, 6.45) is -3.33. The van der Waals surface area contributed by atoms with E-state index < -0.39 is 31.2 Å². The van der Waals surface area contributed by atoms with Crippen LogP contribution in [0.25, 0.3) is 11.2 Å². The van der Waals surface area contributed by atoms with Crippen LogP contribution in [-0.2, 0) is 4.74 Å². The Morgan fingerprint density at radius 2 is 2.14 bits per heavy atom. The van der Waals surface area contributed by atoms with E-state index in [1.165, 1.54) is 11.1 Å². The fraction of sp³-hybridized carbons (Fsp3) is 0.500. The first kappa shape index (κ1) is 15.1. The van der Waals surface area contributed by atoms with E-state index in [1.807, 2.05) is 22.6 Å². The van der Waals surface area contributed by atoms with Crippen molar-refractivity contribution in [2.45, 2.75) is 24.6 Å². The van der Waals surface area contributed by atoms with Gasteiger partial charge in [0.2, 0.25) is 5.65 Å². The van der Waals surface area contributed by atoms with Crippen LogP contribution in [0.2, 0.25) is 5.15 Å². The van der Waals surface area contributed by atoms with Gasteiger partial charge in [0.15, 0.2) is 8.98 Å². The summed E-state index contributed by atoms with van der Waals surface area (Å²) < 4.78 is 6.79. The average Bonchev–Trinajstić information content (AvgIpc) is 2.96. The van der Waals surface area contributed by atoms with Gasteiger partial charge in [-0.2, -0.15) is 4.98 Å². The number of aromatic nitrogens is 4. The smallest absolute Gasteiger partial charge is 0.254 e. The summed E-state index contributed by atoms with van der Waals surface area (Å²) in [5, 5.41) is 28.7. The lowest BCUT2D eigenvalue weighted by Gasteiger charge is -2.16. The number of hydrogen-bond acceptors (Lipinski definition) is 8. The average molecular weight is 429 g/mol. The second-order valence-corrected chi connectivity index (χ2v) is 5.66. The molecule has 3 rings (SSSR count). The first-order chi connectivity index (χ1) is 10.0. The van der Waals surface area contributed by atoms with Gasteiger partial charge in [0.1, 0.15) is 30.2 Å². The van der Waals surface area contributed by atoms with Gasteiger partial charge >= 0.3 is 0 Å². The van der Waals surface area contributed by atoms with Crippen molar-refractivity contribution in [2.24, 2.45) is 0 Å². The van der Waals surface area contributed by atoms with Crippen LogP contribution in [0.15, 0.2) is 6.33 Å². The minimum absolute atomic E-state index is 0.174. The summed E-state index contributed by atoms with van der Waals surface area (Å²) in [6.45, 7) is -0.436. The molecule has 0 unspecified atom stereocenters. The van der Waals surface area contributed by atoms with Gasteiger partial charge in [-0.15, -0.1) is 4.73 Å². The van der Waals surface area contributed by atoms with Crippen molar-refractivity contribution in [3.05, 3.63) is 15.3 Å². The van der Waals surface area contributed by atoms with E-state index in [0.29, 0.717) is 15.0 Å². The number of fused-ring (bicyclic) bond motifs is 1. The number of nitrogens with zero attached hydrogens (tertiary/aromatic N) is 4. The van der Waals surface area contributed by atoms with Gasteiger partial charge in [-0.3, -0.25) is 0 Å². The summed E-state index contributed by atoms with van der Waals surface area (Å²) in [6, 6.07) is 0. The van der Waals surface area contributed by atoms with E-state index >= 15 is 0 Å². The standard InChI is InChI=1S/C10H10ClIN4O5/c11-7-4-8(15-10(12)14-7)16(2-13-4)21-9-6(19)5(18)3(1-17)20-9/h2-3,5-6,9,17-19H,1H2/t3-,5-,6-,9+/m1/s1. The molecule has 114 valence electrons. The lowest BCUT2D eigenvalue weighted by molar-refractivity contribution is -0.169. The molecule has 3 N–H and O–H groups in total. The Bertz CT molecular complexity index is 670. The van der Waals surface area contributed by atoms with Gasteiger partial charge in [-0.05, 0) is 0 Å². The monoisotopic (exact) mass is 428 g/mol. The molecular weight excluding hydrogens is 418 g/mol. The summed E-state index contributed by atoms with van der Waals surface area (Å²) in [4.78, 5) is 17.5. The highest BCUT2D eigenvalue weighted by molar-refractivity contribution is 14.1. The molecule has 11 heteroatoms. The quantitative estimate of drug-likeness (QED) is 0.322. The van der Waals surface area contributed by atoms with E-state index in [2.05, 4.69) is 15.0 Å². The highest BCUT2D eigenvalue weighted by Gasteiger charge is 2.44. The van der Waals surface area contributed by atoms with Gasteiger partial charge < -0.3 is 24.9 Å². The maximum Gasteiger partial charge on any atom is 0.254 e. The minimum atomic E-state index is -1.31. The molecule has 4 atom stereocenters. The van der Waals surface area contributed by atoms with Crippen LogP contribution in [0.4, 0.5) is 0 Å². The second kappa shape index (κ2) is 5.78. The van der Waals surface area contributed by atoms with Gasteiger partial charge in [0.05, 0.1) is 6.61 Å². The number of aliphatic hydroxyl groups is 3. The number of ether oxygens (including phenoxy) is 1. The molecular formula is C10H10ClIN4O5.